The predicted molar refractivity (Wildman–Crippen MR) is 83.1 cm³/mol. The molecule has 1 aromatic carbocycles. The van der Waals surface area contributed by atoms with Crippen LogP contribution >= 0.6 is 0 Å². The van der Waals surface area contributed by atoms with E-state index in [0.717, 1.165) is 18.4 Å². The second kappa shape index (κ2) is 10.6. The third-order valence-electron chi connectivity index (χ3n) is 3.18. The maximum Gasteiger partial charge on any atom is 0.407 e. The average molecular weight is 308 g/mol. The van der Waals surface area contributed by atoms with Crippen LogP contribution in [0.15, 0.2) is 30.3 Å². The number of unbranched alkanes of at least 4 members (excludes halogenated alkanes) is 1. The van der Waals surface area contributed by atoms with Gasteiger partial charge in [-0.1, -0.05) is 36.8 Å². The summed E-state index contributed by atoms with van der Waals surface area (Å²) in [6.45, 7) is 0.782. The Labute approximate surface area is 131 Å². The van der Waals surface area contributed by atoms with Crippen molar-refractivity contribution < 1.29 is 19.1 Å². The molecule has 0 aliphatic rings. The van der Waals surface area contributed by atoms with E-state index >= 15 is 0 Å². The molecule has 0 bridgehead atoms. The maximum absolute atomic E-state index is 11.8. The second-order valence-electron chi connectivity index (χ2n) is 4.97. The Morgan fingerprint density at radius 3 is 2.59 bits per heavy atom. The molecule has 22 heavy (non-hydrogen) atoms. The number of esters is 1. The van der Waals surface area contributed by atoms with Gasteiger partial charge in [-0.3, -0.25) is 4.79 Å². The van der Waals surface area contributed by atoms with Crippen molar-refractivity contribution in [3.63, 3.8) is 0 Å². The summed E-state index contributed by atoms with van der Waals surface area (Å²) in [6, 6.07) is 9.10. The molecule has 0 saturated carbocycles. The number of hydrogen-bond acceptors (Lipinski definition) is 5. The van der Waals surface area contributed by atoms with Crippen molar-refractivity contribution in [2.75, 3.05) is 13.7 Å². The van der Waals surface area contributed by atoms with Crippen LogP contribution in [0.1, 0.15) is 31.2 Å². The third-order valence-corrected chi connectivity index (χ3v) is 3.18. The van der Waals surface area contributed by atoms with Gasteiger partial charge in [-0.25, -0.2) is 4.79 Å². The highest BCUT2D eigenvalue weighted by atomic mass is 16.5. The normalized spacial score (nSPS) is 11.5. The molecule has 0 aliphatic carbocycles. The van der Waals surface area contributed by atoms with Gasteiger partial charge in [0.1, 0.15) is 6.61 Å². The molecule has 1 rings (SSSR count). The lowest BCUT2D eigenvalue weighted by Crippen LogP contribution is -2.37. The minimum absolute atomic E-state index is 0.126. The largest absolute Gasteiger partial charge is 0.469 e. The molecular weight excluding hydrogens is 284 g/mol. The van der Waals surface area contributed by atoms with Crippen LogP contribution in [0.4, 0.5) is 4.79 Å². The molecule has 0 heterocycles. The topological polar surface area (TPSA) is 90.6 Å². The number of carbonyl (C=O) groups excluding carboxylic acids is 2. The van der Waals surface area contributed by atoms with E-state index in [1.54, 1.807) is 0 Å². The van der Waals surface area contributed by atoms with Crippen molar-refractivity contribution in [2.45, 2.75) is 38.3 Å². The first kappa shape index (κ1) is 18.0. The number of hydrogen-bond donors (Lipinski definition) is 2. The molecule has 122 valence electrons. The lowest BCUT2D eigenvalue weighted by Gasteiger charge is -2.17. The van der Waals surface area contributed by atoms with Gasteiger partial charge in [0.05, 0.1) is 13.5 Å². The molecule has 0 spiro atoms. The summed E-state index contributed by atoms with van der Waals surface area (Å²) < 4.78 is 9.80. The summed E-state index contributed by atoms with van der Waals surface area (Å²) in [5.41, 5.74) is 6.36. The standard InChI is InChI=1S/C16H24N2O4/c1-21-15(19)11-14(9-5-6-10-17)18-16(20)22-12-13-7-3-2-4-8-13/h2-4,7-8,14H,5-6,9-12,17H2,1H3,(H,18,20). The minimum atomic E-state index is -0.537. The van der Waals surface area contributed by atoms with Gasteiger partial charge >= 0.3 is 12.1 Å². The van der Waals surface area contributed by atoms with Gasteiger partial charge in [0.2, 0.25) is 0 Å². The van der Waals surface area contributed by atoms with Crippen molar-refractivity contribution in [1.82, 2.24) is 5.32 Å². The fraction of sp³-hybridized carbons (Fsp3) is 0.500. The first-order valence-corrected chi connectivity index (χ1v) is 7.39. The van der Waals surface area contributed by atoms with Gasteiger partial charge in [0, 0.05) is 6.04 Å². The van der Waals surface area contributed by atoms with Crippen LogP contribution in [-0.4, -0.2) is 31.8 Å². The van der Waals surface area contributed by atoms with Crippen LogP contribution in [-0.2, 0) is 20.9 Å². The molecule has 0 saturated heterocycles. The summed E-state index contributed by atoms with van der Waals surface area (Å²) in [6.07, 6.45) is 1.93. The summed E-state index contributed by atoms with van der Waals surface area (Å²) in [5, 5.41) is 2.71. The number of ether oxygens (including phenoxy) is 2. The van der Waals surface area contributed by atoms with Crippen LogP contribution < -0.4 is 11.1 Å². The van der Waals surface area contributed by atoms with Gasteiger partial charge in [-0.15, -0.1) is 0 Å². The van der Waals surface area contributed by atoms with E-state index in [-0.39, 0.29) is 25.0 Å². The van der Waals surface area contributed by atoms with Crippen LogP contribution in [0.25, 0.3) is 0 Å². The molecule has 1 aromatic rings. The van der Waals surface area contributed by atoms with Crippen molar-refractivity contribution in [3.8, 4) is 0 Å². The number of nitrogens with two attached hydrogens (primary N) is 1. The minimum Gasteiger partial charge on any atom is -0.469 e. The first-order valence-electron chi connectivity index (χ1n) is 7.39. The van der Waals surface area contributed by atoms with Gasteiger partial charge in [0.15, 0.2) is 0 Å². The summed E-state index contributed by atoms with van der Waals surface area (Å²) in [7, 11) is 1.33. The Morgan fingerprint density at radius 1 is 1.23 bits per heavy atom. The van der Waals surface area contributed by atoms with Crippen LogP contribution in [0.2, 0.25) is 0 Å². The number of nitrogens with one attached hydrogen (secondary N) is 1. The highest BCUT2D eigenvalue weighted by Crippen LogP contribution is 2.07. The zero-order chi connectivity index (χ0) is 16.2. The molecule has 1 unspecified atom stereocenters. The highest BCUT2D eigenvalue weighted by molar-refractivity contribution is 5.72. The van der Waals surface area contributed by atoms with E-state index < -0.39 is 6.09 Å². The molecule has 3 N–H and O–H groups in total. The predicted octanol–water partition coefficient (Wildman–Crippen LogP) is 1.97. The van der Waals surface area contributed by atoms with Gasteiger partial charge in [0.25, 0.3) is 0 Å². The van der Waals surface area contributed by atoms with Crippen molar-refractivity contribution in [3.05, 3.63) is 35.9 Å². The lowest BCUT2D eigenvalue weighted by atomic mass is 10.1. The Bertz CT molecular complexity index is 451. The smallest absolute Gasteiger partial charge is 0.407 e. The monoisotopic (exact) mass is 308 g/mol. The SMILES string of the molecule is COC(=O)CC(CCCCN)NC(=O)OCc1ccccc1. The van der Waals surface area contributed by atoms with E-state index in [2.05, 4.69) is 10.1 Å². The molecule has 0 aromatic heterocycles. The lowest BCUT2D eigenvalue weighted by molar-refractivity contribution is -0.141. The number of amides is 1. The molecule has 6 heteroatoms. The van der Waals surface area contributed by atoms with Crippen LogP contribution in [0, 0.1) is 0 Å². The maximum atomic E-state index is 11.8. The summed E-state index contributed by atoms with van der Waals surface area (Å²) >= 11 is 0. The third kappa shape index (κ3) is 7.64. The quantitative estimate of drug-likeness (QED) is 0.537. The molecule has 0 fully saturated rings. The van der Waals surface area contributed by atoms with Gasteiger partial charge < -0.3 is 20.5 Å². The van der Waals surface area contributed by atoms with Crippen LogP contribution in [0.3, 0.4) is 0 Å². The molecule has 1 amide bonds. The van der Waals surface area contributed by atoms with Crippen molar-refractivity contribution in [1.29, 1.82) is 0 Å². The van der Waals surface area contributed by atoms with E-state index in [1.807, 2.05) is 30.3 Å². The number of rotatable bonds is 9. The van der Waals surface area contributed by atoms with Crippen molar-refractivity contribution >= 4 is 12.1 Å². The van der Waals surface area contributed by atoms with Crippen LogP contribution in [0.5, 0.6) is 0 Å². The first-order chi connectivity index (χ1) is 10.7. The molecule has 0 radical (unpaired) electrons. The average Bonchev–Trinajstić information content (AvgIpc) is 2.54. The van der Waals surface area contributed by atoms with Gasteiger partial charge in [-0.05, 0) is 24.9 Å². The zero-order valence-electron chi connectivity index (χ0n) is 12.9. The second-order valence-corrected chi connectivity index (χ2v) is 4.97. The van der Waals surface area contributed by atoms with E-state index in [0.29, 0.717) is 13.0 Å². The summed E-state index contributed by atoms with van der Waals surface area (Å²) in [5.74, 6) is -0.360. The fourth-order valence-electron chi connectivity index (χ4n) is 1.98. The summed E-state index contributed by atoms with van der Waals surface area (Å²) in [4.78, 5) is 23.2. The Balaban J connectivity index is 2.41. The molecule has 6 nitrogen and oxygen atoms in total. The van der Waals surface area contributed by atoms with Gasteiger partial charge in [-0.2, -0.15) is 0 Å². The van der Waals surface area contributed by atoms with E-state index in [9.17, 15) is 9.59 Å². The Morgan fingerprint density at radius 2 is 1.95 bits per heavy atom. The number of carbonyl (C=O) groups is 2. The highest BCUT2D eigenvalue weighted by Gasteiger charge is 2.17. The molecular formula is C16H24N2O4. The Hall–Kier alpha value is -2.08. The van der Waals surface area contributed by atoms with Crippen molar-refractivity contribution in [2.24, 2.45) is 5.73 Å². The fourth-order valence-corrected chi connectivity index (χ4v) is 1.98. The Kier molecular flexibility index (Phi) is 8.67. The number of methoxy groups -OCH3 is 1. The molecule has 0 aliphatic heterocycles. The molecule has 1 atom stereocenters. The van der Waals surface area contributed by atoms with E-state index in [1.165, 1.54) is 7.11 Å². The number of benzene rings is 1. The zero-order valence-corrected chi connectivity index (χ0v) is 12.9. The number of alkyl carbamates (subject to hydrolysis) is 1. The van der Waals surface area contributed by atoms with E-state index in [4.69, 9.17) is 10.5 Å².